The van der Waals surface area contributed by atoms with E-state index in [4.69, 9.17) is 14.2 Å². The third-order valence-corrected chi connectivity index (χ3v) is 5.33. The molecule has 0 unspecified atom stereocenters. The molecule has 0 radical (unpaired) electrons. The van der Waals surface area contributed by atoms with Gasteiger partial charge in [-0.05, 0) is 49.2 Å². The van der Waals surface area contributed by atoms with Gasteiger partial charge in [0, 0.05) is 29.2 Å². The molecule has 6 heteroatoms. The summed E-state index contributed by atoms with van der Waals surface area (Å²) in [4.78, 5) is 14.3. The number of nitrogens with zero attached hydrogens (tertiary/aromatic N) is 1. The smallest absolute Gasteiger partial charge is 0.260 e. The molecule has 4 rings (SSSR count). The summed E-state index contributed by atoms with van der Waals surface area (Å²) in [6.45, 7) is 5.71. The first-order valence-corrected chi connectivity index (χ1v) is 9.90. The molecule has 2 heterocycles. The molecule has 1 saturated heterocycles. The van der Waals surface area contributed by atoms with Gasteiger partial charge in [-0.3, -0.25) is 4.79 Å². The molecule has 2 aliphatic rings. The topological polar surface area (TPSA) is 48.0 Å². The molecule has 0 bridgehead atoms. The van der Waals surface area contributed by atoms with E-state index in [1.54, 1.807) is 0 Å². The number of morpholine rings is 1. The molecule has 0 aliphatic carbocycles. The fraction of sp³-hybridized carbons (Fsp3) is 0.381. The molecule has 0 spiro atoms. The maximum atomic E-state index is 12.5. The number of fused-ring (bicyclic) bond motifs is 3. The van der Waals surface area contributed by atoms with Gasteiger partial charge in [0.05, 0.1) is 12.2 Å². The van der Waals surface area contributed by atoms with Gasteiger partial charge in [0.15, 0.2) is 6.61 Å². The zero-order valence-corrected chi connectivity index (χ0v) is 17.0. The van der Waals surface area contributed by atoms with Crippen molar-refractivity contribution in [2.24, 2.45) is 0 Å². The lowest BCUT2D eigenvalue weighted by Gasteiger charge is -2.35. The number of amides is 1. The normalized spacial score (nSPS) is 21.1. The third-order valence-electron chi connectivity index (χ3n) is 4.83. The quantitative estimate of drug-likeness (QED) is 0.735. The van der Waals surface area contributed by atoms with Crippen molar-refractivity contribution in [3.05, 3.63) is 46.4 Å². The van der Waals surface area contributed by atoms with Crippen molar-refractivity contribution in [3.8, 4) is 22.6 Å². The molecule has 1 amide bonds. The van der Waals surface area contributed by atoms with Crippen molar-refractivity contribution in [1.29, 1.82) is 0 Å². The lowest BCUT2D eigenvalue weighted by Crippen LogP contribution is -2.49. The first-order chi connectivity index (χ1) is 13.0. The van der Waals surface area contributed by atoms with Gasteiger partial charge in [0.1, 0.15) is 18.1 Å². The minimum Gasteiger partial charge on any atom is -0.488 e. The molecule has 2 aromatic rings. The fourth-order valence-corrected chi connectivity index (χ4v) is 3.99. The van der Waals surface area contributed by atoms with Crippen LogP contribution in [0.15, 0.2) is 40.9 Å². The largest absolute Gasteiger partial charge is 0.488 e. The lowest BCUT2D eigenvalue weighted by molar-refractivity contribution is -0.145. The zero-order valence-electron chi connectivity index (χ0n) is 15.4. The predicted octanol–water partition coefficient (Wildman–Crippen LogP) is 4.02. The Kier molecular flexibility index (Phi) is 5.10. The second-order valence-electron chi connectivity index (χ2n) is 7.09. The molecule has 1 fully saturated rings. The monoisotopic (exact) mass is 431 g/mol. The van der Waals surface area contributed by atoms with E-state index in [0.717, 1.165) is 26.9 Å². The van der Waals surface area contributed by atoms with Crippen LogP contribution >= 0.6 is 15.9 Å². The number of hydrogen-bond donors (Lipinski definition) is 0. The maximum Gasteiger partial charge on any atom is 0.260 e. The van der Waals surface area contributed by atoms with E-state index in [-0.39, 0.29) is 24.7 Å². The Morgan fingerprint density at radius 2 is 1.93 bits per heavy atom. The Bertz CT molecular complexity index is 859. The van der Waals surface area contributed by atoms with Crippen LogP contribution in [0.2, 0.25) is 0 Å². The van der Waals surface area contributed by atoms with Crippen LogP contribution in [-0.4, -0.2) is 42.7 Å². The van der Waals surface area contributed by atoms with Gasteiger partial charge in [-0.2, -0.15) is 0 Å². The van der Waals surface area contributed by atoms with E-state index >= 15 is 0 Å². The highest BCUT2D eigenvalue weighted by Gasteiger charge is 2.26. The average molecular weight is 432 g/mol. The third kappa shape index (κ3) is 3.96. The molecule has 2 aliphatic heterocycles. The van der Waals surface area contributed by atoms with E-state index in [2.05, 4.69) is 28.1 Å². The van der Waals surface area contributed by atoms with Crippen LogP contribution < -0.4 is 9.47 Å². The molecule has 2 aromatic carbocycles. The van der Waals surface area contributed by atoms with E-state index in [1.165, 1.54) is 0 Å². The number of benzene rings is 2. The Morgan fingerprint density at radius 1 is 1.15 bits per heavy atom. The summed E-state index contributed by atoms with van der Waals surface area (Å²) in [6.07, 6.45) is 0.100. The molecule has 0 saturated carbocycles. The number of hydrogen-bond acceptors (Lipinski definition) is 4. The van der Waals surface area contributed by atoms with Crippen LogP contribution in [0.25, 0.3) is 11.1 Å². The van der Waals surface area contributed by atoms with Gasteiger partial charge >= 0.3 is 0 Å². The first kappa shape index (κ1) is 18.3. The average Bonchev–Trinajstić information content (AvgIpc) is 2.65. The number of carbonyl (C=O) groups is 1. The molecular formula is C21H22BrNO4. The Balaban J connectivity index is 1.45. The summed E-state index contributed by atoms with van der Waals surface area (Å²) in [7, 11) is 0. The maximum absolute atomic E-state index is 12.5. The van der Waals surface area contributed by atoms with Crippen molar-refractivity contribution in [2.75, 3.05) is 19.7 Å². The van der Waals surface area contributed by atoms with E-state index < -0.39 is 0 Å². The van der Waals surface area contributed by atoms with Crippen LogP contribution in [0.3, 0.4) is 0 Å². The number of rotatable bonds is 3. The Labute approximate surface area is 167 Å². The van der Waals surface area contributed by atoms with E-state index in [9.17, 15) is 4.79 Å². The SMILES string of the molecule is C[C@@H]1CN(C(=O)COc2ccc3c(c2)OCc2ccc(Br)cc2-3)C[C@H](C)O1. The molecular weight excluding hydrogens is 410 g/mol. The van der Waals surface area contributed by atoms with Crippen LogP contribution in [-0.2, 0) is 16.1 Å². The minimum atomic E-state index is -0.0232. The summed E-state index contributed by atoms with van der Waals surface area (Å²) in [5, 5.41) is 0. The molecule has 2 atom stereocenters. The molecule has 0 aromatic heterocycles. The van der Waals surface area contributed by atoms with Crippen molar-refractivity contribution >= 4 is 21.8 Å². The minimum absolute atomic E-state index is 0.0142. The summed E-state index contributed by atoms with van der Waals surface area (Å²) in [5.41, 5.74) is 3.35. The van der Waals surface area contributed by atoms with Crippen LogP contribution in [0, 0.1) is 0 Å². The highest BCUT2D eigenvalue weighted by atomic mass is 79.9. The number of ether oxygens (including phenoxy) is 3. The van der Waals surface area contributed by atoms with Gasteiger partial charge < -0.3 is 19.1 Å². The molecule has 5 nitrogen and oxygen atoms in total. The van der Waals surface area contributed by atoms with Crippen molar-refractivity contribution < 1.29 is 19.0 Å². The van der Waals surface area contributed by atoms with E-state index in [1.807, 2.05) is 43.0 Å². The van der Waals surface area contributed by atoms with Crippen molar-refractivity contribution in [3.63, 3.8) is 0 Å². The van der Waals surface area contributed by atoms with Crippen molar-refractivity contribution in [1.82, 2.24) is 4.90 Å². The summed E-state index contributed by atoms with van der Waals surface area (Å²) >= 11 is 3.53. The second kappa shape index (κ2) is 7.52. The van der Waals surface area contributed by atoms with Gasteiger partial charge in [-0.15, -0.1) is 0 Å². The standard InChI is InChI=1S/C21H22BrNO4/c1-13-9-23(10-14(2)27-13)21(24)12-25-17-5-6-18-19-7-16(22)4-3-15(19)11-26-20(18)8-17/h3-8,13-14H,9-12H2,1-2H3/t13-,14+. The van der Waals surface area contributed by atoms with E-state index in [0.29, 0.717) is 25.4 Å². The van der Waals surface area contributed by atoms with Crippen LogP contribution in [0.1, 0.15) is 19.4 Å². The van der Waals surface area contributed by atoms with Crippen LogP contribution in [0.4, 0.5) is 0 Å². The Morgan fingerprint density at radius 3 is 2.70 bits per heavy atom. The number of carbonyl (C=O) groups excluding carboxylic acids is 1. The summed E-state index contributed by atoms with van der Waals surface area (Å²) in [5.74, 6) is 1.39. The molecule has 27 heavy (non-hydrogen) atoms. The first-order valence-electron chi connectivity index (χ1n) is 9.11. The van der Waals surface area contributed by atoms with Gasteiger partial charge in [-0.1, -0.05) is 22.0 Å². The van der Waals surface area contributed by atoms with Crippen LogP contribution in [0.5, 0.6) is 11.5 Å². The van der Waals surface area contributed by atoms with Gasteiger partial charge in [0.2, 0.25) is 0 Å². The van der Waals surface area contributed by atoms with Crippen molar-refractivity contribution in [2.45, 2.75) is 32.7 Å². The number of halogens is 1. The zero-order chi connectivity index (χ0) is 19.0. The Hall–Kier alpha value is -2.05. The lowest BCUT2D eigenvalue weighted by atomic mass is 9.97. The molecule has 142 valence electrons. The molecule has 0 N–H and O–H groups in total. The van der Waals surface area contributed by atoms with Gasteiger partial charge in [0.25, 0.3) is 5.91 Å². The highest BCUT2D eigenvalue weighted by Crippen LogP contribution is 2.40. The second-order valence-corrected chi connectivity index (χ2v) is 8.01. The summed E-state index contributed by atoms with van der Waals surface area (Å²) < 4.78 is 18.3. The summed E-state index contributed by atoms with van der Waals surface area (Å²) in [6, 6.07) is 11.9. The fourth-order valence-electron chi connectivity index (χ4n) is 3.63. The highest BCUT2D eigenvalue weighted by molar-refractivity contribution is 9.10. The van der Waals surface area contributed by atoms with Gasteiger partial charge in [-0.25, -0.2) is 0 Å². The predicted molar refractivity (Wildman–Crippen MR) is 106 cm³/mol.